The first-order valence-electron chi connectivity index (χ1n) is 14.3. The van der Waals surface area contributed by atoms with Gasteiger partial charge in [0, 0.05) is 38.3 Å². The monoisotopic (exact) mass is 624 g/mol. The summed E-state index contributed by atoms with van der Waals surface area (Å²) in [5, 5.41) is 13.8. The van der Waals surface area contributed by atoms with E-state index in [1.54, 1.807) is 34.6 Å². The van der Waals surface area contributed by atoms with Crippen LogP contribution in [-0.2, 0) is 24.8 Å². The van der Waals surface area contributed by atoms with E-state index in [0.717, 1.165) is 25.2 Å². The van der Waals surface area contributed by atoms with Crippen molar-refractivity contribution in [2.45, 2.75) is 53.7 Å². The Morgan fingerprint density at radius 2 is 1.88 bits per heavy atom. The number of aliphatic hydroxyl groups excluding tert-OH is 1. The minimum atomic E-state index is -3.65. The maximum absolute atomic E-state index is 13.5. The average Bonchev–Trinajstić information content (AvgIpc) is 3.40. The van der Waals surface area contributed by atoms with E-state index < -0.39 is 31.8 Å². The van der Waals surface area contributed by atoms with Gasteiger partial charge in [-0.15, -0.1) is 0 Å². The molecule has 42 heavy (non-hydrogen) atoms. The van der Waals surface area contributed by atoms with Crippen LogP contribution in [0.25, 0.3) is 0 Å². The molecule has 3 heterocycles. The van der Waals surface area contributed by atoms with Gasteiger partial charge in [0.25, 0.3) is 0 Å². The first-order chi connectivity index (χ1) is 20.0. The average molecular weight is 625 g/mol. The van der Waals surface area contributed by atoms with Crippen molar-refractivity contribution >= 4 is 25.7 Å². The standard InChI is InChI=1S/C28H40N4O8S2/c1-3-31-13-14-38-27-8-7-25(16-26(27)31)42(36,37)32-11-9-28(10-12-32)17-21(19-40-28)30-18-22(33)20-39-23-5-4-6-24(15-23)41(34,35)29-2/h4-8,15-16,21-22,29-30,33H,3,9-14,17-20H2,1-2H3/t21-,22+/m1/s1. The zero-order valence-electron chi connectivity index (χ0n) is 24.0. The van der Waals surface area contributed by atoms with Crippen molar-refractivity contribution in [2.24, 2.45) is 0 Å². The van der Waals surface area contributed by atoms with E-state index in [2.05, 4.69) is 14.9 Å². The van der Waals surface area contributed by atoms with Crippen LogP contribution >= 0.6 is 0 Å². The number of sulfonamides is 2. The fourth-order valence-electron chi connectivity index (χ4n) is 5.75. The molecule has 2 aromatic rings. The molecule has 3 aliphatic rings. The highest BCUT2D eigenvalue weighted by Gasteiger charge is 2.45. The molecule has 0 aromatic heterocycles. The topological polar surface area (TPSA) is 147 Å². The number of piperidine rings is 1. The molecule has 0 bridgehead atoms. The Morgan fingerprint density at radius 3 is 2.62 bits per heavy atom. The Morgan fingerprint density at radius 1 is 1.10 bits per heavy atom. The summed E-state index contributed by atoms with van der Waals surface area (Å²) in [6.07, 6.45) is 1.09. The number of nitrogens with zero attached hydrogens (tertiary/aromatic N) is 2. The molecule has 0 saturated carbocycles. The normalized spacial score (nSPS) is 21.6. The summed E-state index contributed by atoms with van der Waals surface area (Å²) in [5.41, 5.74) is 0.418. The minimum Gasteiger partial charge on any atom is -0.491 e. The molecule has 0 amide bonds. The second kappa shape index (κ2) is 12.6. The van der Waals surface area contributed by atoms with E-state index >= 15 is 0 Å². The number of fused-ring (bicyclic) bond motifs is 1. The third-order valence-corrected chi connectivity index (χ3v) is 11.5. The summed E-state index contributed by atoms with van der Waals surface area (Å²) in [4.78, 5) is 2.49. The molecule has 232 valence electrons. The SMILES string of the molecule is CCN1CCOc2ccc(S(=O)(=O)N3CCC4(CC3)C[C@@H](NC[C@H](O)COc3cccc(S(=O)(=O)NC)c3)CO4)cc21. The number of rotatable bonds is 11. The largest absolute Gasteiger partial charge is 0.491 e. The van der Waals surface area contributed by atoms with Crippen molar-refractivity contribution in [1.29, 1.82) is 0 Å². The van der Waals surface area contributed by atoms with Crippen molar-refractivity contribution in [3.63, 3.8) is 0 Å². The number of benzene rings is 2. The van der Waals surface area contributed by atoms with Crippen LogP contribution in [0.3, 0.4) is 0 Å². The third-order valence-electron chi connectivity index (χ3n) is 8.22. The summed E-state index contributed by atoms with van der Waals surface area (Å²) in [6, 6.07) is 11.2. The van der Waals surface area contributed by atoms with Crippen molar-refractivity contribution in [2.75, 3.05) is 64.5 Å². The van der Waals surface area contributed by atoms with Gasteiger partial charge in [0.1, 0.15) is 30.8 Å². The Kier molecular flexibility index (Phi) is 9.33. The first-order valence-corrected chi connectivity index (χ1v) is 17.2. The van der Waals surface area contributed by atoms with Crippen molar-refractivity contribution in [3.8, 4) is 11.5 Å². The zero-order valence-corrected chi connectivity index (χ0v) is 25.6. The summed E-state index contributed by atoms with van der Waals surface area (Å²) >= 11 is 0. The number of aliphatic hydroxyl groups is 1. The van der Waals surface area contributed by atoms with E-state index in [1.165, 1.54) is 19.2 Å². The quantitative estimate of drug-likeness (QED) is 0.333. The van der Waals surface area contributed by atoms with Crippen molar-refractivity contribution in [3.05, 3.63) is 42.5 Å². The molecule has 2 fully saturated rings. The Labute approximate surface area is 248 Å². The van der Waals surface area contributed by atoms with E-state index in [9.17, 15) is 21.9 Å². The number of ether oxygens (including phenoxy) is 3. The van der Waals surface area contributed by atoms with E-state index in [0.29, 0.717) is 50.6 Å². The van der Waals surface area contributed by atoms with Crippen LogP contribution in [0.15, 0.2) is 52.3 Å². The van der Waals surface area contributed by atoms with Crippen LogP contribution in [0.4, 0.5) is 5.69 Å². The predicted octanol–water partition coefficient (Wildman–Crippen LogP) is 1.16. The molecule has 2 atom stereocenters. The van der Waals surface area contributed by atoms with Gasteiger partial charge in [0.15, 0.2) is 0 Å². The molecule has 3 N–H and O–H groups in total. The summed E-state index contributed by atoms with van der Waals surface area (Å²) in [5.74, 6) is 1.06. The van der Waals surface area contributed by atoms with Crippen LogP contribution in [0, 0.1) is 0 Å². The summed E-state index contributed by atoms with van der Waals surface area (Å²) in [6.45, 7) is 5.62. The highest BCUT2D eigenvalue weighted by Crippen LogP contribution is 2.39. The van der Waals surface area contributed by atoms with Gasteiger partial charge in [-0.2, -0.15) is 4.31 Å². The molecule has 0 unspecified atom stereocenters. The number of nitrogens with one attached hydrogen (secondary N) is 2. The fourth-order valence-corrected chi connectivity index (χ4v) is 7.98. The van der Waals surface area contributed by atoms with E-state index in [1.807, 2.05) is 6.92 Å². The molecule has 0 aliphatic carbocycles. The van der Waals surface area contributed by atoms with Gasteiger partial charge in [0.05, 0.1) is 34.2 Å². The third kappa shape index (κ3) is 6.69. The van der Waals surface area contributed by atoms with Gasteiger partial charge in [-0.05, 0) is 63.6 Å². The number of likely N-dealkylation sites (N-methyl/N-ethyl adjacent to an activating group) is 1. The summed E-state index contributed by atoms with van der Waals surface area (Å²) < 4.78 is 72.3. The molecule has 5 rings (SSSR count). The lowest BCUT2D eigenvalue weighted by Gasteiger charge is -2.38. The smallest absolute Gasteiger partial charge is 0.243 e. The van der Waals surface area contributed by atoms with Gasteiger partial charge < -0.3 is 29.5 Å². The van der Waals surface area contributed by atoms with Gasteiger partial charge in [-0.3, -0.25) is 0 Å². The molecule has 1 spiro atoms. The lowest BCUT2D eigenvalue weighted by Crippen LogP contribution is -2.47. The van der Waals surface area contributed by atoms with Crippen LogP contribution in [0.2, 0.25) is 0 Å². The number of anilines is 1. The summed E-state index contributed by atoms with van der Waals surface area (Å²) in [7, 11) is -5.90. The van der Waals surface area contributed by atoms with E-state index in [4.69, 9.17) is 14.2 Å². The fraction of sp³-hybridized carbons (Fsp3) is 0.571. The second-order valence-electron chi connectivity index (χ2n) is 10.9. The molecule has 0 radical (unpaired) electrons. The van der Waals surface area contributed by atoms with Gasteiger partial charge in [-0.1, -0.05) is 6.07 Å². The Hall–Kier alpha value is -2.46. The Balaban J connectivity index is 1.10. The van der Waals surface area contributed by atoms with Crippen LogP contribution in [0.5, 0.6) is 11.5 Å². The van der Waals surface area contributed by atoms with Crippen molar-refractivity contribution in [1.82, 2.24) is 14.3 Å². The van der Waals surface area contributed by atoms with Crippen LogP contribution in [-0.4, -0.2) is 104 Å². The first kappa shape index (κ1) is 31.0. The predicted molar refractivity (Wildman–Crippen MR) is 157 cm³/mol. The number of hydrogen-bond donors (Lipinski definition) is 3. The molecule has 2 aromatic carbocycles. The van der Waals surface area contributed by atoms with Gasteiger partial charge in [-0.25, -0.2) is 21.6 Å². The highest BCUT2D eigenvalue weighted by molar-refractivity contribution is 7.89. The molecule has 14 heteroatoms. The maximum Gasteiger partial charge on any atom is 0.243 e. The van der Waals surface area contributed by atoms with Crippen LogP contribution in [0.1, 0.15) is 26.2 Å². The van der Waals surface area contributed by atoms with Gasteiger partial charge in [0.2, 0.25) is 20.0 Å². The van der Waals surface area contributed by atoms with Crippen molar-refractivity contribution < 1.29 is 36.2 Å². The highest BCUT2D eigenvalue weighted by atomic mass is 32.2. The second-order valence-corrected chi connectivity index (χ2v) is 14.7. The van der Waals surface area contributed by atoms with Gasteiger partial charge >= 0.3 is 0 Å². The zero-order chi connectivity index (χ0) is 30.0. The Bertz CT molecular complexity index is 1460. The molecule has 2 saturated heterocycles. The van der Waals surface area contributed by atoms with E-state index in [-0.39, 0.29) is 29.0 Å². The molecule has 3 aliphatic heterocycles. The minimum absolute atomic E-state index is 0.00751. The molecule has 12 nitrogen and oxygen atoms in total. The lowest BCUT2D eigenvalue weighted by atomic mass is 9.88. The van der Waals surface area contributed by atoms with Crippen LogP contribution < -0.4 is 24.4 Å². The molecular weight excluding hydrogens is 584 g/mol. The number of hydrogen-bond acceptors (Lipinski definition) is 10. The maximum atomic E-state index is 13.5. The lowest BCUT2D eigenvalue weighted by molar-refractivity contribution is -0.0312. The molecular formula is C28H40N4O8S2.